The molecule has 28 heavy (non-hydrogen) atoms. The number of nitrogens with zero attached hydrogens (tertiary/aromatic N) is 3. The number of likely N-dealkylation sites (tertiary alicyclic amines) is 1. The summed E-state index contributed by atoms with van der Waals surface area (Å²) in [5.41, 5.74) is 1.83. The lowest BCUT2D eigenvalue weighted by molar-refractivity contribution is 0.0905. The number of pyridine rings is 1. The van der Waals surface area contributed by atoms with Crippen LogP contribution in [0.5, 0.6) is 0 Å². The fourth-order valence-corrected chi connectivity index (χ4v) is 3.39. The summed E-state index contributed by atoms with van der Waals surface area (Å²) in [6, 6.07) is 11.7. The van der Waals surface area contributed by atoms with E-state index in [2.05, 4.69) is 20.4 Å². The van der Waals surface area contributed by atoms with Gasteiger partial charge in [-0.1, -0.05) is 17.3 Å². The van der Waals surface area contributed by atoms with Crippen molar-refractivity contribution in [3.63, 3.8) is 0 Å². The maximum absolute atomic E-state index is 13.4. The number of benzene rings is 1. The lowest BCUT2D eigenvalue weighted by atomic mass is 10.0. The van der Waals surface area contributed by atoms with Crippen LogP contribution in [0.25, 0.3) is 11.3 Å². The summed E-state index contributed by atoms with van der Waals surface area (Å²) in [7, 11) is 0. The molecule has 144 valence electrons. The van der Waals surface area contributed by atoms with E-state index in [1.807, 2.05) is 6.07 Å². The number of carbonyl (C=O) groups excluding carboxylic acids is 1. The number of aromatic nitrogens is 2. The first kappa shape index (κ1) is 18.3. The number of hydrogen-bond donors (Lipinski definition) is 1. The quantitative estimate of drug-likeness (QED) is 0.736. The number of halogens is 1. The predicted octanol–water partition coefficient (Wildman–Crippen LogP) is 3.27. The Balaban J connectivity index is 1.30. The minimum absolute atomic E-state index is 0.132. The summed E-state index contributed by atoms with van der Waals surface area (Å²) in [5.74, 6) is 0.412. The summed E-state index contributed by atoms with van der Waals surface area (Å²) in [4.78, 5) is 19.1. The molecule has 0 saturated carbocycles. The Kier molecular flexibility index (Phi) is 5.43. The fourth-order valence-electron chi connectivity index (χ4n) is 3.39. The van der Waals surface area contributed by atoms with E-state index in [9.17, 15) is 9.18 Å². The average Bonchev–Trinajstić information content (AvgIpc) is 3.23. The van der Waals surface area contributed by atoms with Gasteiger partial charge in [-0.15, -0.1) is 0 Å². The number of piperidine rings is 1. The third-order valence-corrected chi connectivity index (χ3v) is 4.94. The second-order valence-corrected chi connectivity index (χ2v) is 6.95. The van der Waals surface area contributed by atoms with Crippen molar-refractivity contribution in [3.05, 3.63) is 72.0 Å². The normalized spacial score (nSPS) is 15.5. The summed E-state index contributed by atoms with van der Waals surface area (Å²) >= 11 is 0. The van der Waals surface area contributed by atoms with Gasteiger partial charge in [0.15, 0.2) is 5.76 Å². The minimum Gasteiger partial charge on any atom is -0.360 e. The molecule has 2 aromatic heterocycles. The van der Waals surface area contributed by atoms with Gasteiger partial charge in [-0.25, -0.2) is 4.39 Å². The van der Waals surface area contributed by atoms with Crippen LogP contribution in [0.15, 0.2) is 59.4 Å². The SMILES string of the molecule is O=C(NC1CCN(Cc2ccno2)CC1)c1ccc(-c2cccc(F)c2)nc1. The lowest BCUT2D eigenvalue weighted by Gasteiger charge is -2.31. The van der Waals surface area contributed by atoms with Crippen LogP contribution in [0, 0.1) is 5.82 Å². The highest BCUT2D eigenvalue weighted by atomic mass is 19.1. The van der Waals surface area contributed by atoms with Crippen LogP contribution >= 0.6 is 0 Å². The Morgan fingerprint density at radius 3 is 2.75 bits per heavy atom. The van der Waals surface area contributed by atoms with E-state index in [1.165, 1.54) is 18.3 Å². The van der Waals surface area contributed by atoms with Crippen LogP contribution in [0.2, 0.25) is 0 Å². The van der Waals surface area contributed by atoms with Crippen molar-refractivity contribution in [2.45, 2.75) is 25.4 Å². The van der Waals surface area contributed by atoms with Gasteiger partial charge < -0.3 is 9.84 Å². The molecule has 1 fully saturated rings. The highest BCUT2D eigenvalue weighted by Crippen LogP contribution is 2.18. The second kappa shape index (κ2) is 8.31. The van der Waals surface area contributed by atoms with E-state index in [-0.39, 0.29) is 17.8 Å². The molecule has 1 aromatic carbocycles. The number of nitrogens with one attached hydrogen (secondary N) is 1. The van der Waals surface area contributed by atoms with Crippen molar-refractivity contribution in [3.8, 4) is 11.3 Å². The van der Waals surface area contributed by atoms with Crippen LogP contribution in [-0.2, 0) is 6.54 Å². The van der Waals surface area contributed by atoms with Crippen molar-refractivity contribution in [2.24, 2.45) is 0 Å². The third-order valence-electron chi connectivity index (χ3n) is 4.94. The topological polar surface area (TPSA) is 71.3 Å². The lowest BCUT2D eigenvalue weighted by Crippen LogP contribution is -2.44. The maximum atomic E-state index is 13.4. The standard InChI is InChI=1S/C21H21FN4O2/c22-17-3-1-2-15(12-17)20-5-4-16(13-23-20)21(27)25-18-7-10-26(11-8-18)14-19-6-9-24-28-19/h1-6,9,12-13,18H,7-8,10-11,14H2,(H,25,27). The van der Waals surface area contributed by atoms with Gasteiger partial charge in [-0.05, 0) is 37.1 Å². The van der Waals surface area contributed by atoms with Gasteiger partial charge in [-0.2, -0.15) is 0 Å². The molecule has 0 aliphatic carbocycles. The molecule has 3 heterocycles. The molecule has 0 atom stereocenters. The molecule has 1 amide bonds. The molecule has 7 heteroatoms. The summed E-state index contributed by atoms with van der Waals surface area (Å²) in [5, 5.41) is 6.80. The Labute approximate surface area is 162 Å². The Bertz CT molecular complexity index is 920. The van der Waals surface area contributed by atoms with E-state index in [0.717, 1.165) is 38.2 Å². The van der Waals surface area contributed by atoms with E-state index >= 15 is 0 Å². The van der Waals surface area contributed by atoms with Gasteiger partial charge in [0, 0.05) is 37.0 Å². The smallest absolute Gasteiger partial charge is 0.253 e. The van der Waals surface area contributed by atoms with Gasteiger partial charge in [0.1, 0.15) is 5.82 Å². The molecule has 0 bridgehead atoms. The van der Waals surface area contributed by atoms with Gasteiger partial charge >= 0.3 is 0 Å². The first-order valence-electron chi connectivity index (χ1n) is 9.32. The van der Waals surface area contributed by atoms with Crippen LogP contribution in [0.4, 0.5) is 4.39 Å². The predicted molar refractivity (Wildman–Crippen MR) is 102 cm³/mol. The third kappa shape index (κ3) is 4.43. The zero-order valence-corrected chi connectivity index (χ0v) is 15.3. The zero-order chi connectivity index (χ0) is 19.3. The highest BCUT2D eigenvalue weighted by molar-refractivity contribution is 5.94. The number of carbonyl (C=O) groups is 1. The van der Waals surface area contributed by atoms with Crippen molar-refractivity contribution >= 4 is 5.91 Å². The maximum Gasteiger partial charge on any atom is 0.253 e. The molecule has 3 aromatic rings. The summed E-state index contributed by atoms with van der Waals surface area (Å²) in [6.07, 6.45) is 4.95. The van der Waals surface area contributed by atoms with Crippen LogP contribution in [0.3, 0.4) is 0 Å². The molecule has 4 rings (SSSR count). The Hall–Kier alpha value is -3.06. The van der Waals surface area contributed by atoms with Crippen molar-refractivity contribution < 1.29 is 13.7 Å². The van der Waals surface area contributed by atoms with Crippen LogP contribution in [0.1, 0.15) is 29.0 Å². The number of amides is 1. The van der Waals surface area contributed by atoms with E-state index in [4.69, 9.17) is 4.52 Å². The number of rotatable bonds is 5. The van der Waals surface area contributed by atoms with Gasteiger partial charge in [-0.3, -0.25) is 14.7 Å². The molecule has 0 radical (unpaired) electrons. The summed E-state index contributed by atoms with van der Waals surface area (Å²) < 4.78 is 18.5. The highest BCUT2D eigenvalue weighted by Gasteiger charge is 2.22. The van der Waals surface area contributed by atoms with Crippen LogP contribution in [-0.4, -0.2) is 40.1 Å². The number of hydrogen-bond acceptors (Lipinski definition) is 5. The van der Waals surface area contributed by atoms with Crippen LogP contribution < -0.4 is 5.32 Å². The second-order valence-electron chi connectivity index (χ2n) is 6.95. The molecular formula is C21H21FN4O2. The van der Waals surface area contributed by atoms with E-state index < -0.39 is 0 Å². The molecule has 6 nitrogen and oxygen atoms in total. The van der Waals surface area contributed by atoms with E-state index in [1.54, 1.807) is 30.5 Å². The molecule has 1 saturated heterocycles. The largest absolute Gasteiger partial charge is 0.360 e. The minimum atomic E-state index is -0.309. The fraction of sp³-hybridized carbons (Fsp3) is 0.286. The molecule has 1 aliphatic heterocycles. The van der Waals surface area contributed by atoms with Gasteiger partial charge in [0.05, 0.1) is 24.0 Å². The summed E-state index contributed by atoms with van der Waals surface area (Å²) in [6.45, 7) is 2.52. The van der Waals surface area contributed by atoms with Crippen molar-refractivity contribution in [1.29, 1.82) is 0 Å². The first-order valence-corrected chi connectivity index (χ1v) is 9.32. The molecule has 0 unspecified atom stereocenters. The van der Waals surface area contributed by atoms with Crippen molar-refractivity contribution in [1.82, 2.24) is 20.4 Å². The van der Waals surface area contributed by atoms with Gasteiger partial charge in [0.2, 0.25) is 0 Å². The van der Waals surface area contributed by atoms with E-state index in [0.29, 0.717) is 16.8 Å². The molecule has 1 aliphatic rings. The Morgan fingerprint density at radius 2 is 2.07 bits per heavy atom. The zero-order valence-electron chi connectivity index (χ0n) is 15.3. The van der Waals surface area contributed by atoms with Gasteiger partial charge in [0.25, 0.3) is 5.91 Å². The molecule has 1 N–H and O–H groups in total. The monoisotopic (exact) mass is 380 g/mol. The molecular weight excluding hydrogens is 359 g/mol. The average molecular weight is 380 g/mol. The Morgan fingerprint density at radius 1 is 1.21 bits per heavy atom. The first-order chi connectivity index (χ1) is 13.7. The van der Waals surface area contributed by atoms with Crippen molar-refractivity contribution in [2.75, 3.05) is 13.1 Å². The molecule has 0 spiro atoms.